The minimum Gasteiger partial charge on any atom is -0.399 e. The van der Waals surface area contributed by atoms with E-state index in [0.29, 0.717) is 11.8 Å². The van der Waals surface area contributed by atoms with Crippen LogP contribution in [-0.2, 0) is 0 Å². The van der Waals surface area contributed by atoms with E-state index in [1.807, 2.05) is 6.07 Å². The van der Waals surface area contributed by atoms with Gasteiger partial charge in [-0.1, -0.05) is 66.9 Å². The summed E-state index contributed by atoms with van der Waals surface area (Å²) in [5.74, 6) is 0. The van der Waals surface area contributed by atoms with Crippen molar-refractivity contribution in [3.63, 3.8) is 0 Å². The molecule has 1 saturated carbocycles. The topological polar surface area (TPSA) is 20.2 Å². The molecular formula is C14H20OSi. The molecule has 2 rings (SSSR count). The van der Waals surface area contributed by atoms with Crippen molar-refractivity contribution in [2.75, 3.05) is 6.23 Å². The van der Waals surface area contributed by atoms with Crippen molar-refractivity contribution in [3.8, 4) is 0 Å². The van der Waals surface area contributed by atoms with E-state index in [9.17, 15) is 5.11 Å². The Kier molecular flexibility index (Phi) is 3.61. The third kappa shape index (κ3) is 1.87. The highest BCUT2D eigenvalue weighted by atomic mass is 28.3. The molecule has 0 radical (unpaired) electrons. The first-order chi connectivity index (χ1) is 7.83. The van der Waals surface area contributed by atoms with Crippen molar-refractivity contribution in [2.24, 2.45) is 0 Å². The first-order valence-electron chi connectivity index (χ1n) is 6.13. The minimum atomic E-state index is -1.87. The van der Waals surface area contributed by atoms with E-state index < -0.39 is 8.07 Å². The molecule has 0 bridgehead atoms. The minimum absolute atomic E-state index is 0.311. The van der Waals surface area contributed by atoms with Crippen molar-refractivity contribution in [1.29, 1.82) is 0 Å². The molecule has 1 aliphatic rings. The van der Waals surface area contributed by atoms with Gasteiger partial charge in [0.15, 0.2) is 0 Å². The predicted molar refractivity (Wildman–Crippen MR) is 71.3 cm³/mol. The van der Waals surface area contributed by atoms with Crippen LogP contribution in [0, 0.1) is 0 Å². The van der Waals surface area contributed by atoms with Gasteiger partial charge in [-0.25, -0.2) is 0 Å². The van der Waals surface area contributed by atoms with Gasteiger partial charge in [-0.15, -0.1) is 6.58 Å². The highest BCUT2D eigenvalue weighted by Gasteiger charge is 2.40. The molecule has 16 heavy (non-hydrogen) atoms. The van der Waals surface area contributed by atoms with Gasteiger partial charge in [0, 0.05) is 6.23 Å². The van der Waals surface area contributed by atoms with Gasteiger partial charge >= 0.3 is 0 Å². The molecule has 0 aromatic heterocycles. The average molecular weight is 232 g/mol. The quantitative estimate of drug-likeness (QED) is 0.791. The van der Waals surface area contributed by atoms with E-state index >= 15 is 0 Å². The average Bonchev–Trinajstić information content (AvgIpc) is 2.87. The van der Waals surface area contributed by atoms with Crippen LogP contribution in [0.15, 0.2) is 42.6 Å². The Morgan fingerprint density at radius 3 is 2.38 bits per heavy atom. The summed E-state index contributed by atoms with van der Waals surface area (Å²) >= 11 is 0. The fourth-order valence-electron chi connectivity index (χ4n) is 2.99. The Morgan fingerprint density at radius 2 is 1.88 bits per heavy atom. The van der Waals surface area contributed by atoms with E-state index in [2.05, 4.69) is 36.5 Å². The molecule has 0 saturated heterocycles. The van der Waals surface area contributed by atoms with Crippen LogP contribution in [-0.4, -0.2) is 19.4 Å². The second-order valence-electron chi connectivity index (χ2n) is 4.75. The van der Waals surface area contributed by atoms with Crippen LogP contribution in [0.2, 0.25) is 5.54 Å². The van der Waals surface area contributed by atoms with Crippen LogP contribution >= 0.6 is 0 Å². The molecule has 1 N–H and O–H groups in total. The summed E-state index contributed by atoms with van der Waals surface area (Å²) in [5, 5.41) is 11.2. The summed E-state index contributed by atoms with van der Waals surface area (Å²) in [6.45, 7) is 4.03. The van der Waals surface area contributed by atoms with Gasteiger partial charge in [0.25, 0.3) is 0 Å². The fraction of sp³-hybridized carbons (Fsp3) is 0.429. The van der Waals surface area contributed by atoms with Gasteiger partial charge in [-0.05, 0) is 5.54 Å². The number of hydrogen-bond donors (Lipinski definition) is 1. The van der Waals surface area contributed by atoms with Crippen molar-refractivity contribution >= 4 is 13.3 Å². The summed E-state index contributed by atoms with van der Waals surface area (Å²) in [4.78, 5) is 0. The molecule has 86 valence electrons. The van der Waals surface area contributed by atoms with Gasteiger partial charge in [-0.2, -0.15) is 0 Å². The third-order valence-electron chi connectivity index (χ3n) is 4.02. The molecule has 0 heterocycles. The fourth-order valence-corrected chi connectivity index (χ4v) is 6.86. The smallest absolute Gasteiger partial charge is 0.139 e. The zero-order valence-corrected chi connectivity index (χ0v) is 10.7. The molecule has 1 atom stereocenters. The van der Waals surface area contributed by atoms with E-state index in [-0.39, 0.29) is 0 Å². The van der Waals surface area contributed by atoms with Crippen LogP contribution in [0.1, 0.15) is 25.7 Å². The maximum Gasteiger partial charge on any atom is 0.139 e. The van der Waals surface area contributed by atoms with Crippen LogP contribution in [0.4, 0.5) is 0 Å². The first kappa shape index (κ1) is 11.6. The molecule has 2 heteroatoms. The lowest BCUT2D eigenvalue weighted by atomic mass is 10.4. The van der Waals surface area contributed by atoms with Crippen molar-refractivity contribution < 1.29 is 5.11 Å². The molecule has 0 amide bonds. The summed E-state index contributed by atoms with van der Waals surface area (Å²) < 4.78 is 0. The van der Waals surface area contributed by atoms with E-state index in [1.165, 1.54) is 30.9 Å². The van der Waals surface area contributed by atoms with Crippen LogP contribution in [0.25, 0.3) is 0 Å². The second-order valence-corrected chi connectivity index (χ2v) is 8.95. The largest absolute Gasteiger partial charge is 0.399 e. The SMILES string of the molecule is C=C[Si](CO)(c1ccccc1)C1CCCC1. The number of aliphatic hydroxyl groups excluding tert-OH is 1. The molecule has 0 spiro atoms. The summed E-state index contributed by atoms with van der Waals surface area (Å²) in [6, 6.07) is 10.5. The van der Waals surface area contributed by atoms with Crippen LogP contribution in [0.5, 0.6) is 0 Å². The third-order valence-corrected chi connectivity index (χ3v) is 8.72. The predicted octanol–water partition coefficient (Wildman–Crippen LogP) is 2.54. The standard InChI is InChI=1S/C14H20OSi/c1-2-16(12-15,14-10-6-7-11-14)13-8-4-3-5-9-13/h2-5,8-9,14-15H,1,6-7,10-12H2. The maximum atomic E-state index is 9.88. The summed E-state index contributed by atoms with van der Waals surface area (Å²) in [6.07, 6.45) is 5.49. The van der Waals surface area contributed by atoms with Crippen molar-refractivity contribution in [1.82, 2.24) is 0 Å². The maximum absolute atomic E-state index is 9.88. The van der Waals surface area contributed by atoms with Gasteiger partial charge < -0.3 is 5.11 Å². The van der Waals surface area contributed by atoms with Crippen molar-refractivity contribution in [3.05, 3.63) is 42.6 Å². The van der Waals surface area contributed by atoms with Crippen LogP contribution < -0.4 is 5.19 Å². The van der Waals surface area contributed by atoms with Gasteiger partial charge in [0.05, 0.1) is 0 Å². The number of aliphatic hydroxyl groups is 1. The first-order valence-corrected chi connectivity index (χ1v) is 8.49. The van der Waals surface area contributed by atoms with E-state index in [4.69, 9.17) is 0 Å². The number of hydrogen-bond acceptors (Lipinski definition) is 1. The lowest BCUT2D eigenvalue weighted by molar-refractivity contribution is 0.357. The normalized spacial score (nSPS) is 20.6. The van der Waals surface area contributed by atoms with E-state index in [1.54, 1.807) is 0 Å². The lowest BCUT2D eigenvalue weighted by Crippen LogP contribution is -2.53. The molecule has 1 aromatic rings. The van der Waals surface area contributed by atoms with Gasteiger partial charge in [0.1, 0.15) is 8.07 Å². The molecule has 1 aliphatic carbocycles. The molecule has 1 aromatic carbocycles. The van der Waals surface area contributed by atoms with E-state index in [0.717, 1.165) is 0 Å². The monoisotopic (exact) mass is 232 g/mol. The zero-order chi connectivity index (χ0) is 11.4. The molecular weight excluding hydrogens is 212 g/mol. The zero-order valence-electron chi connectivity index (χ0n) is 9.73. The molecule has 1 fully saturated rings. The Morgan fingerprint density at radius 1 is 1.25 bits per heavy atom. The van der Waals surface area contributed by atoms with Crippen LogP contribution in [0.3, 0.4) is 0 Å². The Bertz CT molecular complexity index is 343. The summed E-state index contributed by atoms with van der Waals surface area (Å²) in [7, 11) is -1.87. The Hall–Kier alpha value is -0.863. The van der Waals surface area contributed by atoms with Crippen molar-refractivity contribution in [2.45, 2.75) is 31.2 Å². The highest BCUT2D eigenvalue weighted by Crippen LogP contribution is 2.38. The lowest BCUT2D eigenvalue weighted by Gasteiger charge is -2.32. The molecule has 1 nitrogen and oxygen atoms in total. The Labute approximate surface area is 98.8 Å². The van der Waals surface area contributed by atoms with Gasteiger partial charge in [-0.3, -0.25) is 0 Å². The second kappa shape index (κ2) is 4.98. The summed E-state index contributed by atoms with van der Waals surface area (Å²) in [5.41, 5.74) is 2.79. The highest BCUT2D eigenvalue weighted by molar-refractivity contribution is 6.97. The number of rotatable bonds is 4. The molecule has 0 aliphatic heterocycles. The van der Waals surface area contributed by atoms with Gasteiger partial charge in [0.2, 0.25) is 0 Å². The number of benzene rings is 1. The molecule has 1 unspecified atom stereocenters. The Balaban J connectivity index is 2.38.